The van der Waals surface area contributed by atoms with E-state index in [1.165, 1.54) is 0 Å². The van der Waals surface area contributed by atoms with Gasteiger partial charge in [-0.1, -0.05) is 56.3 Å². The fourth-order valence-electron chi connectivity index (χ4n) is 1.29. The van der Waals surface area contributed by atoms with Crippen molar-refractivity contribution in [3.8, 4) is 0 Å². The van der Waals surface area contributed by atoms with Gasteiger partial charge in [0.05, 0.1) is 0 Å². The zero-order valence-electron chi connectivity index (χ0n) is 27.5. The van der Waals surface area contributed by atoms with Gasteiger partial charge in [0.25, 0.3) is 0 Å². The minimum atomic E-state index is -1.00. The molecule has 0 aromatic heterocycles. The summed E-state index contributed by atoms with van der Waals surface area (Å²) in [4.78, 5) is 0. The largest absolute Gasteiger partial charge is 4.00 e. The number of quaternary nitrogens is 2. The van der Waals surface area contributed by atoms with Crippen LogP contribution in [0.25, 0.3) is 0 Å². The molecule has 0 rings (SSSR count). The van der Waals surface area contributed by atoms with Gasteiger partial charge < -0.3 is 135 Å². The summed E-state index contributed by atoms with van der Waals surface area (Å²) >= 11 is 0. The third-order valence-corrected chi connectivity index (χ3v) is 5.01. The van der Waals surface area contributed by atoms with E-state index in [0.717, 1.165) is 0 Å². The molecule has 0 aliphatic rings. The van der Waals surface area contributed by atoms with Gasteiger partial charge in [-0.15, -0.1) is 59.5 Å². The van der Waals surface area contributed by atoms with E-state index in [1.54, 1.807) is 20.8 Å². The minimum absolute atomic E-state index is 0. The van der Waals surface area contributed by atoms with Crippen LogP contribution in [0.4, 0.5) is 0 Å². The van der Waals surface area contributed by atoms with Gasteiger partial charge in [0.15, 0.2) is 0 Å². The molecule has 0 aromatic rings. The van der Waals surface area contributed by atoms with Crippen LogP contribution >= 0.6 is 0 Å². The predicted octanol–water partition coefficient (Wildman–Crippen LogP) is -11.5. The number of hydrogen-bond acceptors (Lipinski definition) is 12. The molecule has 0 spiro atoms. The molecule has 25 nitrogen and oxygen atoms in total. The van der Waals surface area contributed by atoms with Crippen LogP contribution in [0.2, 0.25) is 0 Å². The minimum Gasteiger partial charge on any atom is -2.00 e. The zero-order chi connectivity index (χ0) is 22.0. The summed E-state index contributed by atoms with van der Waals surface area (Å²) in [5.74, 6) is 0. The molecule has 6 radical (unpaired) electrons. The van der Waals surface area contributed by atoms with E-state index < -0.39 is 75.7 Å². The van der Waals surface area contributed by atoms with Gasteiger partial charge in [-0.05, 0) is 0 Å². The molecule has 302 valence electrons. The summed E-state index contributed by atoms with van der Waals surface area (Å²) in [6.45, 7) is 0.325. The van der Waals surface area contributed by atoms with Crippen molar-refractivity contribution in [1.82, 2.24) is 12.3 Å². The SMILES string of the molecule is CCC(C[O-])(C[O-])C[O-].CCC(C[O-])(C[O-])C[O-].CCC(C[O-])(C[O-])C[O-].O.O.O.O.[NH4+].[NH4+].[O-2].[O-2].[O-2].[O-2].[O-2].[O-2].[O-2].[OH-].[OH-].[OH-].[V+4].[V+4].[V+4].[V+4].[V+4].[V+4]. The molecule has 0 atom stereocenters. The van der Waals surface area contributed by atoms with Crippen LogP contribution in [0, 0.1) is 16.2 Å². The Morgan fingerprint density at radius 2 is 0.347 bits per heavy atom. The van der Waals surface area contributed by atoms with E-state index in [-0.39, 0.29) is 200 Å². The van der Waals surface area contributed by atoms with Crippen molar-refractivity contribution in [3.63, 3.8) is 0 Å². The molecule has 0 fully saturated rings. The van der Waals surface area contributed by atoms with Crippen molar-refractivity contribution in [1.29, 1.82) is 0 Å². The maximum atomic E-state index is 10.2. The standard InChI is InChI=1S/3C6H11O3.2H3N.7H2O.7O.6V/c3*1-2-6(3-7,4-8)5-9;;;;;;;;;;;;;;;;;;;;;;/h3*2-5H2,1H3;2*1H3;7*1H2;;;;;;;;;;;;;/q3*-3;;;;;;;;;;7*-2;6*+4/p-1. The Balaban J connectivity index is -0.00000000626. The molecule has 0 aliphatic heterocycles. The van der Waals surface area contributed by atoms with E-state index in [1.807, 2.05) is 0 Å². The molecular weight excluding hydrogens is 918 g/mol. The maximum Gasteiger partial charge on any atom is 4.00 e. The Hall–Kier alpha value is 2.51. The Morgan fingerprint density at radius 1 is 0.286 bits per heavy atom. The van der Waals surface area contributed by atoms with Crippen LogP contribution in [-0.4, -0.2) is 97.8 Å². The van der Waals surface area contributed by atoms with E-state index in [2.05, 4.69) is 0 Å². The smallest absolute Gasteiger partial charge is 2.00 e. The van der Waals surface area contributed by atoms with Crippen LogP contribution in [0.3, 0.4) is 0 Å². The molecule has 0 saturated carbocycles. The predicted molar refractivity (Wildman–Crippen MR) is 119 cm³/mol. The Labute approximate surface area is 359 Å². The summed E-state index contributed by atoms with van der Waals surface area (Å²) in [5, 5.41) is 92.2. The molecule has 0 heterocycles. The quantitative estimate of drug-likeness (QED) is 0.184. The second-order valence-electron chi connectivity index (χ2n) is 6.86. The third kappa shape index (κ3) is 80.1. The van der Waals surface area contributed by atoms with E-state index >= 15 is 0 Å². The first kappa shape index (κ1) is 187. The van der Waals surface area contributed by atoms with Crippen LogP contribution in [0.1, 0.15) is 40.0 Å². The summed E-state index contributed by atoms with van der Waals surface area (Å²) in [7, 11) is 0. The van der Waals surface area contributed by atoms with Gasteiger partial charge in [-0.3, -0.25) is 0 Å². The van der Waals surface area contributed by atoms with Gasteiger partial charge in [0.1, 0.15) is 0 Å². The van der Waals surface area contributed by atoms with Crippen molar-refractivity contribution in [2.45, 2.75) is 40.0 Å². The van der Waals surface area contributed by atoms with Gasteiger partial charge >= 0.3 is 111 Å². The van der Waals surface area contributed by atoms with Gasteiger partial charge in [0.2, 0.25) is 0 Å². The first-order valence-corrected chi connectivity index (χ1v) is 8.96. The average Bonchev–Trinajstić information content (AvgIpc) is 2.75. The molecule has 0 bridgehead atoms. The molecule has 19 N–H and O–H groups in total. The zero-order valence-corrected chi connectivity index (χ0v) is 35.9. The van der Waals surface area contributed by atoms with Crippen molar-refractivity contribution in [2.24, 2.45) is 16.2 Å². The normalized spacial score (nSPS) is 6.61. The van der Waals surface area contributed by atoms with E-state index in [9.17, 15) is 46.0 Å². The van der Waals surface area contributed by atoms with Crippen molar-refractivity contribution in [3.05, 3.63) is 0 Å². The third-order valence-electron chi connectivity index (χ3n) is 5.01. The van der Waals surface area contributed by atoms with Crippen LogP contribution in [0.15, 0.2) is 0 Å². The van der Waals surface area contributed by atoms with Gasteiger partial charge in [0, 0.05) is 0 Å². The molecule has 0 amide bonds. The number of hydrogen-bond donors (Lipinski definition) is 2. The number of rotatable bonds is 12. The molecule has 0 unspecified atom stereocenters. The fourth-order valence-corrected chi connectivity index (χ4v) is 1.29. The van der Waals surface area contributed by atoms with E-state index in [4.69, 9.17) is 0 Å². The average molecular weight is 970 g/mol. The van der Waals surface area contributed by atoms with Crippen molar-refractivity contribution >= 4 is 0 Å². The second kappa shape index (κ2) is 117. The molecule has 49 heavy (non-hydrogen) atoms. The van der Waals surface area contributed by atoms with Crippen LogP contribution < -0.4 is 58.3 Å². The molecular formula is C18H52N2O23V6. The summed E-state index contributed by atoms with van der Waals surface area (Å²) < 4.78 is 0. The second-order valence-corrected chi connectivity index (χ2v) is 6.86. The Morgan fingerprint density at radius 3 is 0.347 bits per heavy atom. The van der Waals surface area contributed by atoms with Gasteiger partial charge in [-0.2, -0.15) is 0 Å². The molecule has 0 saturated heterocycles. The molecule has 0 aromatic carbocycles. The summed E-state index contributed by atoms with van der Waals surface area (Å²) in [6.07, 6.45) is 1.22. The maximum absolute atomic E-state index is 10.2. The fraction of sp³-hybridized carbons (Fsp3) is 1.00. The molecule has 31 heteroatoms. The van der Waals surface area contributed by atoms with Crippen LogP contribution in [0.5, 0.6) is 0 Å². The summed E-state index contributed by atoms with van der Waals surface area (Å²) in [6, 6.07) is 0. The summed E-state index contributed by atoms with van der Waals surface area (Å²) in [5.41, 5.74) is -3.00. The van der Waals surface area contributed by atoms with Crippen molar-refractivity contribution in [2.75, 3.05) is 59.5 Å². The van der Waals surface area contributed by atoms with Crippen LogP contribution in [-0.2, 0) is 150 Å². The topological polar surface area (TPSA) is 696 Å². The molecule has 0 aliphatic carbocycles. The first-order valence-electron chi connectivity index (χ1n) is 8.96. The Kier molecular flexibility index (Phi) is 447. The van der Waals surface area contributed by atoms with Crippen molar-refractivity contribution < 1.29 is 234 Å². The van der Waals surface area contributed by atoms with E-state index in [0.29, 0.717) is 19.3 Å². The first-order chi connectivity index (χ1) is 12.7. The Bertz CT molecular complexity index is 255. The van der Waals surface area contributed by atoms with Gasteiger partial charge in [-0.25, -0.2) is 0 Å². The monoisotopic (exact) mass is 970 g/mol.